The van der Waals surface area contributed by atoms with E-state index >= 15 is 0 Å². The molecule has 0 unspecified atom stereocenters. The molecule has 0 saturated heterocycles. The molecule has 0 fully saturated rings. The van der Waals surface area contributed by atoms with Gasteiger partial charge in [0.25, 0.3) is 0 Å². The summed E-state index contributed by atoms with van der Waals surface area (Å²) in [5, 5.41) is 0. The Morgan fingerprint density at radius 3 is 2.73 bits per heavy atom. The van der Waals surface area contributed by atoms with Crippen molar-refractivity contribution in [3.8, 4) is 5.75 Å². The zero-order valence-electron chi connectivity index (χ0n) is 5.86. The molecule has 11 heavy (non-hydrogen) atoms. The van der Waals surface area contributed by atoms with E-state index in [4.69, 9.17) is 4.74 Å². The van der Waals surface area contributed by atoms with Crippen molar-refractivity contribution >= 4 is 5.97 Å². The first-order chi connectivity index (χ1) is 5.33. The molecule has 0 aliphatic carbocycles. The largest absolute Gasteiger partial charge is 0.423 e. The molecule has 0 radical (unpaired) electrons. The molecule has 1 aromatic heterocycles. The Hall–Kier alpha value is -1.64. The number of carbonyl (C=O) groups is 1. The first-order valence-electron chi connectivity index (χ1n) is 3.07. The van der Waals surface area contributed by atoms with Crippen molar-refractivity contribution in [3.05, 3.63) is 37.2 Å². The van der Waals surface area contributed by atoms with Crippen molar-refractivity contribution in [2.75, 3.05) is 0 Å². The predicted molar refractivity (Wildman–Crippen MR) is 40.1 cm³/mol. The second-order valence-corrected chi connectivity index (χ2v) is 1.81. The molecule has 56 valence electrons. The topological polar surface area (TPSA) is 39.2 Å². The summed E-state index contributed by atoms with van der Waals surface area (Å²) in [5.41, 5.74) is 0. The third-order valence-electron chi connectivity index (χ3n) is 1.03. The molecule has 1 rings (SSSR count). The van der Waals surface area contributed by atoms with Gasteiger partial charge < -0.3 is 4.74 Å². The molecule has 0 aliphatic rings. The van der Waals surface area contributed by atoms with E-state index in [0.717, 1.165) is 6.08 Å². The number of ether oxygens (including phenoxy) is 1. The molecule has 3 heteroatoms. The second-order valence-electron chi connectivity index (χ2n) is 1.81. The number of hydrogen-bond donors (Lipinski definition) is 0. The van der Waals surface area contributed by atoms with Gasteiger partial charge in [-0.1, -0.05) is 6.58 Å². The molecule has 0 N–H and O–H groups in total. The average Bonchev–Trinajstić information content (AvgIpc) is 2.06. The van der Waals surface area contributed by atoms with Gasteiger partial charge in [-0.15, -0.1) is 0 Å². The van der Waals surface area contributed by atoms with Gasteiger partial charge in [0.05, 0.1) is 0 Å². The van der Waals surface area contributed by atoms with Crippen molar-refractivity contribution in [1.29, 1.82) is 0 Å². The lowest BCUT2D eigenvalue weighted by atomic mass is 10.4. The van der Waals surface area contributed by atoms with Crippen LogP contribution >= 0.6 is 0 Å². The third kappa shape index (κ3) is 2.21. The lowest BCUT2D eigenvalue weighted by Crippen LogP contribution is -2.02. The van der Waals surface area contributed by atoms with Gasteiger partial charge in [0.1, 0.15) is 5.75 Å². The van der Waals surface area contributed by atoms with Crippen LogP contribution in [0, 0.1) is 0 Å². The quantitative estimate of drug-likeness (QED) is 0.468. The number of hydrogen-bond acceptors (Lipinski definition) is 3. The summed E-state index contributed by atoms with van der Waals surface area (Å²) in [5.74, 6) is 0.0149. The van der Waals surface area contributed by atoms with Gasteiger partial charge in [0.15, 0.2) is 0 Å². The minimum Gasteiger partial charge on any atom is -0.423 e. The Balaban J connectivity index is 2.65. The van der Waals surface area contributed by atoms with E-state index in [1.165, 1.54) is 0 Å². The predicted octanol–water partition coefficient (Wildman–Crippen LogP) is 1.17. The minimum atomic E-state index is -0.462. The first-order valence-corrected chi connectivity index (χ1v) is 3.07. The van der Waals surface area contributed by atoms with Crippen molar-refractivity contribution in [1.82, 2.24) is 4.98 Å². The smallest absolute Gasteiger partial charge is 0.335 e. The Bertz CT molecular complexity index is 256. The maximum atomic E-state index is 10.6. The van der Waals surface area contributed by atoms with E-state index < -0.39 is 5.97 Å². The molecule has 0 amide bonds. The van der Waals surface area contributed by atoms with Gasteiger partial charge in [-0.3, -0.25) is 4.98 Å². The van der Waals surface area contributed by atoms with E-state index in [1.54, 1.807) is 24.5 Å². The van der Waals surface area contributed by atoms with Gasteiger partial charge in [0.2, 0.25) is 0 Å². The summed E-state index contributed by atoms with van der Waals surface area (Å²) in [6, 6.07) is 3.20. The van der Waals surface area contributed by atoms with Gasteiger partial charge in [-0.25, -0.2) is 4.79 Å². The molecular formula is C8H7NO2. The van der Waals surface area contributed by atoms with Crippen LogP contribution in [-0.2, 0) is 4.79 Å². The van der Waals surface area contributed by atoms with Crippen LogP contribution in [0.2, 0.25) is 0 Å². The van der Waals surface area contributed by atoms with Crippen LogP contribution in [0.5, 0.6) is 5.75 Å². The number of aromatic nitrogens is 1. The van der Waals surface area contributed by atoms with Crippen LogP contribution in [0.4, 0.5) is 0 Å². The molecule has 1 aromatic rings. The minimum absolute atomic E-state index is 0.462. The highest BCUT2D eigenvalue weighted by Crippen LogP contribution is 2.06. The molecule has 0 atom stereocenters. The summed E-state index contributed by atoms with van der Waals surface area (Å²) < 4.78 is 4.77. The third-order valence-corrected chi connectivity index (χ3v) is 1.03. The van der Waals surface area contributed by atoms with E-state index in [1.807, 2.05) is 0 Å². The van der Waals surface area contributed by atoms with Crippen molar-refractivity contribution in [2.45, 2.75) is 0 Å². The van der Waals surface area contributed by atoms with Crippen molar-refractivity contribution < 1.29 is 9.53 Å². The lowest BCUT2D eigenvalue weighted by Gasteiger charge is -1.97. The summed E-state index contributed by atoms with van der Waals surface area (Å²) in [6.07, 6.45) is 4.21. The van der Waals surface area contributed by atoms with Gasteiger partial charge >= 0.3 is 5.97 Å². The lowest BCUT2D eigenvalue weighted by molar-refractivity contribution is -0.128. The molecular weight excluding hydrogens is 142 g/mol. The van der Waals surface area contributed by atoms with Crippen LogP contribution in [-0.4, -0.2) is 11.0 Å². The zero-order chi connectivity index (χ0) is 8.10. The monoisotopic (exact) mass is 149 g/mol. The average molecular weight is 149 g/mol. The highest BCUT2D eigenvalue weighted by Gasteiger charge is 1.96. The first kappa shape index (κ1) is 7.47. The molecule has 3 nitrogen and oxygen atoms in total. The number of nitrogens with zero attached hydrogens (tertiary/aromatic N) is 1. The molecule has 0 bridgehead atoms. The number of rotatable bonds is 2. The van der Waals surface area contributed by atoms with Gasteiger partial charge in [0, 0.05) is 18.5 Å². The highest BCUT2D eigenvalue weighted by atomic mass is 16.5. The van der Waals surface area contributed by atoms with E-state index in [9.17, 15) is 4.79 Å². The fraction of sp³-hybridized carbons (Fsp3) is 0. The zero-order valence-corrected chi connectivity index (χ0v) is 5.86. The van der Waals surface area contributed by atoms with E-state index in [-0.39, 0.29) is 0 Å². The SMILES string of the molecule is C=CC(=O)Oc1ccncc1. The molecule has 0 aromatic carbocycles. The van der Waals surface area contributed by atoms with E-state index in [2.05, 4.69) is 11.6 Å². The fourth-order valence-electron chi connectivity index (χ4n) is 0.564. The number of esters is 1. The number of pyridine rings is 1. The Kier molecular flexibility index (Phi) is 2.38. The standard InChI is InChI=1S/C8H7NO2/c1-2-8(10)11-7-3-5-9-6-4-7/h2-6H,1H2. The summed E-state index contributed by atoms with van der Waals surface area (Å²) in [6.45, 7) is 3.27. The van der Waals surface area contributed by atoms with Crippen LogP contribution < -0.4 is 4.74 Å². The molecule has 0 aliphatic heterocycles. The van der Waals surface area contributed by atoms with Crippen LogP contribution in [0.3, 0.4) is 0 Å². The Morgan fingerprint density at radius 2 is 2.18 bits per heavy atom. The molecule has 0 spiro atoms. The van der Waals surface area contributed by atoms with Crippen LogP contribution in [0.25, 0.3) is 0 Å². The van der Waals surface area contributed by atoms with E-state index in [0.29, 0.717) is 5.75 Å². The van der Waals surface area contributed by atoms with Crippen LogP contribution in [0.15, 0.2) is 37.2 Å². The van der Waals surface area contributed by atoms with Crippen LogP contribution in [0.1, 0.15) is 0 Å². The molecule has 0 saturated carbocycles. The number of carbonyl (C=O) groups excluding carboxylic acids is 1. The second kappa shape index (κ2) is 3.51. The summed E-state index contributed by atoms with van der Waals surface area (Å²) in [4.78, 5) is 14.4. The normalized spacial score (nSPS) is 8.73. The van der Waals surface area contributed by atoms with Gasteiger partial charge in [-0.2, -0.15) is 0 Å². The highest BCUT2D eigenvalue weighted by molar-refractivity contribution is 5.83. The Morgan fingerprint density at radius 1 is 1.55 bits per heavy atom. The maximum absolute atomic E-state index is 10.6. The summed E-state index contributed by atoms with van der Waals surface area (Å²) in [7, 11) is 0. The fourth-order valence-corrected chi connectivity index (χ4v) is 0.564. The van der Waals surface area contributed by atoms with Gasteiger partial charge in [-0.05, 0) is 12.1 Å². The molecule has 1 heterocycles. The Labute approximate surface area is 64.3 Å². The summed E-state index contributed by atoms with van der Waals surface area (Å²) >= 11 is 0. The van der Waals surface area contributed by atoms with Crippen molar-refractivity contribution in [2.24, 2.45) is 0 Å². The van der Waals surface area contributed by atoms with Crippen molar-refractivity contribution in [3.63, 3.8) is 0 Å². The maximum Gasteiger partial charge on any atom is 0.335 e.